The molecule has 6 aromatic carbocycles. The molecule has 0 radical (unpaired) electrons. The number of rotatable bonds is 3. The summed E-state index contributed by atoms with van der Waals surface area (Å²) >= 11 is 0. The predicted molar refractivity (Wildman–Crippen MR) is 157 cm³/mol. The topological polar surface area (TPSA) is 43.9 Å². The molecule has 2 aliphatic heterocycles. The van der Waals surface area contributed by atoms with Crippen LogP contribution in [0.1, 0.15) is 5.56 Å². The van der Waals surface area contributed by atoms with E-state index in [1.807, 2.05) is 42.5 Å². The molecule has 5 heteroatoms. The number of fused-ring (bicyclic) bond motifs is 2. The summed E-state index contributed by atoms with van der Waals surface area (Å²) in [5, 5.41) is 9.73. The fraction of sp³-hybridized carbons (Fsp3) is 0.176. The molecule has 190 valence electrons. The summed E-state index contributed by atoms with van der Waals surface area (Å²) in [4.78, 5) is 33.0. The number of nitrogens with zero attached hydrogens (tertiary/aromatic N) is 3. The third-order valence-corrected chi connectivity index (χ3v) is 8.70. The zero-order valence-corrected chi connectivity index (χ0v) is 21.5. The Labute approximate surface area is 226 Å². The van der Waals surface area contributed by atoms with Crippen LogP contribution in [-0.4, -0.2) is 53.8 Å². The Morgan fingerprint density at radius 2 is 1.33 bits per heavy atom. The number of carbonyl (C=O) groups excluding carboxylic acids is 2. The van der Waals surface area contributed by atoms with E-state index in [4.69, 9.17) is 0 Å². The van der Waals surface area contributed by atoms with Crippen molar-refractivity contribution in [1.82, 2.24) is 9.80 Å². The van der Waals surface area contributed by atoms with Crippen LogP contribution in [0, 0.1) is 0 Å². The molecule has 2 aliphatic rings. The van der Waals surface area contributed by atoms with Crippen LogP contribution in [0.2, 0.25) is 0 Å². The molecule has 1 unspecified atom stereocenters. The van der Waals surface area contributed by atoms with Gasteiger partial charge in [-0.2, -0.15) is 0 Å². The number of benzene rings is 6. The van der Waals surface area contributed by atoms with E-state index in [9.17, 15) is 9.59 Å². The maximum absolute atomic E-state index is 13.9. The van der Waals surface area contributed by atoms with Crippen LogP contribution < -0.4 is 4.90 Å². The molecule has 0 aliphatic carbocycles. The van der Waals surface area contributed by atoms with Crippen molar-refractivity contribution >= 4 is 60.6 Å². The molecule has 1 atom stereocenters. The van der Waals surface area contributed by atoms with Gasteiger partial charge < -0.3 is 9.80 Å². The second kappa shape index (κ2) is 8.52. The van der Waals surface area contributed by atoms with E-state index in [1.165, 1.54) is 37.9 Å². The predicted octanol–water partition coefficient (Wildman–Crippen LogP) is 5.80. The zero-order valence-electron chi connectivity index (χ0n) is 21.5. The number of amides is 2. The first-order valence-electron chi connectivity index (χ1n) is 13.6. The van der Waals surface area contributed by atoms with Gasteiger partial charge in [0.1, 0.15) is 12.6 Å². The second-order valence-corrected chi connectivity index (χ2v) is 10.8. The average molecular weight is 510 g/mol. The van der Waals surface area contributed by atoms with Gasteiger partial charge in [-0.1, -0.05) is 91.0 Å². The maximum Gasteiger partial charge on any atom is 0.251 e. The molecular formula is C34H27N3O2. The molecule has 2 heterocycles. The first-order chi connectivity index (χ1) is 19.2. The van der Waals surface area contributed by atoms with Crippen LogP contribution in [-0.2, 0) is 16.1 Å². The van der Waals surface area contributed by atoms with Gasteiger partial charge in [0, 0.05) is 31.6 Å². The fourth-order valence-electron chi connectivity index (χ4n) is 6.80. The molecule has 39 heavy (non-hydrogen) atoms. The van der Waals surface area contributed by atoms with E-state index in [0.29, 0.717) is 13.1 Å². The quantitative estimate of drug-likeness (QED) is 0.284. The first-order valence-corrected chi connectivity index (χ1v) is 13.6. The van der Waals surface area contributed by atoms with Crippen LogP contribution in [0.3, 0.4) is 0 Å². The molecule has 0 N–H and O–H groups in total. The number of piperazine rings is 2. The summed E-state index contributed by atoms with van der Waals surface area (Å²) in [5.41, 5.74) is 2.07. The minimum absolute atomic E-state index is 0.00559. The van der Waals surface area contributed by atoms with Crippen molar-refractivity contribution < 1.29 is 9.59 Å². The highest BCUT2D eigenvalue weighted by atomic mass is 16.2. The standard InChI is InChI=1S/C34H27N3O2/c38-31-21-37(29-10-4-6-22-5-1-2-9-27(22)29)34(39)30-20-35(17-18-36(30)31)19-26-14-13-25-12-11-23-7-3-8-24-15-16-28(26)33(25)32(23)24/h1-16,30H,17-21H2. The lowest BCUT2D eigenvalue weighted by Crippen LogP contribution is -2.66. The van der Waals surface area contributed by atoms with Gasteiger partial charge in [-0.15, -0.1) is 0 Å². The summed E-state index contributed by atoms with van der Waals surface area (Å²) in [5.74, 6) is 0.0287. The van der Waals surface area contributed by atoms with Gasteiger partial charge in [0.2, 0.25) is 5.91 Å². The second-order valence-electron chi connectivity index (χ2n) is 10.8. The molecule has 0 spiro atoms. The first kappa shape index (κ1) is 22.5. The highest BCUT2D eigenvalue weighted by molar-refractivity contribution is 6.23. The van der Waals surface area contributed by atoms with Crippen molar-refractivity contribution in [3.05, 3.63) is 103 Å². The van der Waals surface area contributed by atoms with Gasteiger partial charge >= 0.3 is 0 Å². The van der Waals surface area contributed by atoms with Gasteiger partial charge in [-0.05, 0) is 49.3 Å². The van der Waals surface area contributed by atoms with E-state index < -0.39 is 6.04 Å². The van der Waals surface area contributed by atoms with E-state index in [0.717, 1.165) is 29.5 Å². The Kier molecular flexibility index (Phi) is 4.91. The lowest BCUT2D eigenvalue weighted by atomic mass is 9.91. The molecule has 2 fully saturated rings. The third kappa shape index (κ3) is 3.43. The molecule has 0 bridgehead atoms. The summed E-state index contributed by atoms with van der Waals surface area (Å²) in [6, 6.07) is 33.3. The molecule has 8 rings (SSSR count). The van der Waals surface area contributed by atoms with E-state index in [1.54, 1.807) is 9.80 Å². The van der Waals surface area contributed by atoms with Crippen molar-refractivity contribution in [3.63, 3.8) is 0 Å². The van der Waals surface area contributed by atoms with E-state index in [-0.39, 0.29) is 18.4 Å². The molecular weight excluding hydrogens is 482 g/mol. The zero-order chi connectivity index (χ0) is 26.1. The van der Waals surface area contributed by atoms with Gasteiger partial charge in [0.25, 0.3) is 5.91 Å². The van der Waals surface area contributed by atoms with Crippen LogP contribution >= 0.6 is 0 Å². The van der Waals surface area contributed by atoms with Crippen LogP contribution in [0.25, 0.3) is 43.1 Å². The summed E-state index contributed by atoms with van der Waals surface area (Å²) < 4.78 is 0. The van der Waals surface area contributed by atoms with Gasteiger partial charge in [0.05, 0.1) is 5.69 Å². The Balaban J connectivity index is 1.13. The summed E-state index contributed by atoms with van der Waals surface area (Å²) in [6.07, 6.45) is 0. The Morgan fingerprint density at radius 3 is 2.21 bits per heavy atom. The molecule has 5 nitrogen and oxygen atoms in total. The largest absolute Gasteiger partial charge is 0.326 e. The summed E-state index contributed by atoms with van der Waals surface area (Å²) in [6.45, 7) is 2.71. The van der Waals surface area contributed by atoms with Crippen LogP contribution in [0.5, 0.6) is 0 Å². The Bertz CT molecular complexity index is 1910. The van der Waals surface area contributed by atoms with Crippen LogP contribution in [0.15, 0.2) is 97.1 Å². The van der Waals surface area contributed by atoms with Gasteiger partial charge in [0.15, 0.2) is 0 Å². The molecule has 2 saturated heterocycles. The SMILES string of the molecule is O=C1C2CN(Cc3ccc4ccc5cccc6ccc3c4c56)CCN2C(=O)CN1c1cccc2ccccc12. The lowest BCUT2D eigenvalue weighted by Gasteiger charge is -2.46. The third-order valence-electron chi connectivity index (χ3n) is 8.70. The normalized spacial score (nSPS) is 18.6. The van der Waals surface area contributed by atoms with Crippen molar-refractivity contribution in [1.29, 1.82) is 0 Å². The van der Waals surface area contributed by atoms with E-state index in [2.05, 4.69) is 59.5 Å². The van der Waals surface area contributed by atoms with Crippen molar-refractivity contribution in [2.75, 3.05) is 31.1 Å². The maximum atomic E-state index is 13.9. The van der Waals surface area contributed by atoms with Gasteiger partial charge in [-0.25, -0.2) is 0 Å². The van der Waals surface area contributed by atoms with E-state index >= 15 is 0 Å². The number of hydrogen-bond donors (Lipinski definition) is 0. The highest BCUT2D eigenvalue weighted by Crippen LogP contribution is 2.37. The van der Waals surface area contributed by atoms with Crippen molar-refractivity contribution in [2.45, 2.75) is 12.6 Å². The Morgan fingerprint density at radius 1 is 0.641 bits per heavy atom. The average Bonchev–Trinajstić information content (AvgIpc) is 2.98. The Hall–Kier alpha value is -4.48. The van der Waals surface area contributed by atoms with Crippen LogP contribution in [0.4, 0.5) is 5.69 Å². The minimum Gasteiger partial charge on any atom is -0.326 e. The van der Waals surface area contributed by atoms with Gasteiger partial charge in [-0.3, -0.25) is 14.5 Å². The number of anilines is 1. The molecule has 6 aromatic rings. The molecule has 2 amide bonds. The lowest BCUT2D eigenvalue weighted by molar-refractivity contribution is -0.146. The molecule has 0 saturated carbocycles. The number of hydrogen-bond acceptors (Lipinski definition) is 3. The minimum atomic E-state index is -0.473. The number of carbonyl (C=O) groups is 2. The summed E-state index contributed by atoms with van der Waals surface area (Å²) in [7, 11) is 0. The monoisotopic (exact) mass is 509 g/mol. The van der Waals surface area contributed by atoms with Crippen molar-refractivity contribution in [3.8, 4) is 0 Å². The fourth-order valence-corrected chi connectivity index (χ4v) is 6.80. The molecule has 0 aromatic heterocycles. The highest BCUT2D eigenvalue weighted by Gasteiger charge is 2.43. The smallest absolute Gasteiger partial charge is 0.251 e. The van der Waals surface area contributed by atoms with Crippen molar-refractivity contribution in [2.24, 2.45) is 0 Å².